The van der Waals surface area contributed by atoms with Crippen molar-refractivity contribution in [3.63, 3.8) is 0 Å². The summed E-state index contributed by atoms with van der Waals surface area (Å²) >= 11 is 0. The van der Waals surface area contributed by atoms with Gasteiger partial charge in [0.2, 0.25) is 5.91 Å². The molecule has 0 radical (unpaired) electrons. The SMILES string of the molecule is O=C(NCC1(C(=O)N2CCCC(O)(C(=O)O)C2)CCC1)OCC1c2ccccc2-c2ccccc21. The zero-order chi connectivity index (χ0) is 24.6. The lowest BCUT2D eigenvalue weighted by atomic mass is 9.67. The van der Waals surface area contributed by atoms with Crippen LogP contribution in [-0.4, -0.2) is 64.9 Å². The molecule has 0 spiro atoms. The minimum atomic E-state index is -1.92. The first-order chi connectivity index (χ1) is 16.8. The molecule has 1 aliphatic heterocycles. The fraction of sp³-hybridized carbons (Fsp3) is 0.444. The summed E-state index contributed by atoms with van der Waals surface area (Å²) < 4.78 is 5.60. The normalized spacial score (nSPS) is 22.5. The highest BCUT2D eigenvalue weighted by Crippen LogP contribution is 2.45. The second-order valence-electron chi connectivity index (χ2n) is 9.98. The molecule has 1 saturated heterocycles. The highest BCUT2D eigenvalue weighted by Gasteiger charge is 2.50. The van der Waals surface area contributed by atoms with E-state index in [0.29, 0.717) is 25.8 Å². The van der Waals surface area contributed by atoms with Crippen LogP contribution < -0.4 is 5.32 Å². The molecule has 2 amide bonds. The lowest BCUT2D eigenvalue weighted by Gasteiger charge is -2.46. The van der Waals surface area contributed by atoms with Crippen LogP contribution in [0.3, 0.4) is 0 Å². The number of aliphatic carboxylic acids is 1. The zero-order valence-corrected chi connectivity index (χ0v) is 19.5. The van der Waals surface area contributed by atoms with Crippen LogP contribution >= 0.6 is 0 Å². The van der Waals surface area contributed by atoms with E-state index in [2.05, 4.69) is 29.6 Å². The average molecular weight is 479 g/mol. The smallest absolute Gasteiger partial charge is 0.407 e. The van der Waals surface area contributed by atoms with E-state index in [9.17, 15) is 24.6 Å². The molecule has 8 nitrogen and oxygen atoms in total. The number of carboxylic acid groups (broad SMARTS) is 1. The lowest BCUT2D eigenvalue weighted by molar-refractivity contribution is -0.170. The Morgan fingerprint density at radius 3 is 2.17 bits per heavy atom. The van der Waals surface area contributed by atoms with E-state index in [0.717, 1.165) is 28.7 Å². The van der Waals surface area contributed by atoms with Crippen molar-refractivity contribution in [3.8, 4) is 11.1 Å². The van der Waals surface area contributed by atoms with Gasteiger partial charge in [0.15, 0.2) is 5.60 Å². The Labute approximate surface area is 203 Å². The second-order valence-corrected chi connectivity index (χ2v) is 9.98. The number of nitrogens with zero attached hydrogens (tertiary/aromatic N) is 1. The van der Waals surface area contributed by atoms with Gasteiger partial charge in [-0.3, -0.25) is 4.79 Å². The van der Waals surface area contributed by atoms with Gasteiger partial charge < -0.3 is 25.2 Å². The molecule has 0 bridgehead atoms. The van der Waals surface area contributed by atoms with Crippen molar-refractivity contribution in [2.45, 2.75) is 43.6 Å². The maximum atomic E-state index is 13.3. The number of β-amino-alcohol motifs (C(OH)–C–C–N with tert-alkyl or cyclic N) is 1. The summed E-state index contributed by atoms with van der Waals surface area (Å²) in [6.07, 6.45) is 2.04. The summed E-state index contributed by atoms with van der Waals surface area (Å²) in [7, 11) is 0. The van der Waals surface area contributed by atoms with Crippen molar-refractivity contribution in [2.24, 2.45) is 5.41 Å². The minimum absolute atomic E-state index is 0.0468. The lowest BCUT2D eigenvalue weighted by Crippen LogP contribution is -2.60. The van der Waals surface area contributed by atoms with Crippen molar-refractivity contribution in [1.82, 2.24) is 10.2 Å². The molecule has 0 aromatic heterocycles. The predicted octanol–water partition coefficient (Wildman–Crippen LogP) is 3.13. The third kappa shape index (κ3) is 4.16. The van der Waals surface area contributed by atoms with Crippen LogP contribution in [0.2, 0.25) is 0 Å². The summed E-state index contributed by atoms with van der Waals surface area (Å²) in [4.78, 5) is 38.8. The van der Waals surface area contributed by atoms with Gasteiger partial charge >= 0.3 is 12.1 Å². The monoisotopic (exact) mass is 478 g/mol. The second kappa shape index (κ2) is 9.00. The molecular weight excluding hydrogens is 448 g/mol. The van der Waals surface area contributed by atoms with Gasteiger partial charge in [-0.15, -0.1) is 0 Å². The maximum absolute atomic E-state index is 13.3. The highest BCUT2D eigenvalue weighted by atomic mass is 16.5. The van der Waals surface area contributed by atoms with Crippen LogP contribution in [0.25, 0.3) is 11.1 Å². The molecule has 8 heteroatoms. The van der Waals surface area contributed by atoms with Crippen LogP contribution in [0.5, 0.6) is 0 Å². The van der Waals surface area contributed by atoms with E-state index in [-0.39, 0.29) is 37.9 Å². The number of hydrogen-bond donors (Lipinski definition) is 3. The number of fused-ring (bicyclic) bond motifs is 3. The molecule has 3 N–H and O–H groups in total. The number of nitrogens with one attached hydrogen (secondary N) is 1. The summed E-state index contributed by atoms with van der Waals surface area (Å²) in [6, 6.07) is 16.2. The standard InChI is InChI=1S/C27H30N2O6/c30-23(29-14-6-13-27(34,17-29)24(31)32)26(11-5-12-26)16-28-25(33)35-15-22-20-9-3-1-7-18(20)19-8-2-4-10-21(19)22/h1-4,7-10,22,34H,5-6,11-17H2,(H,28,33)(H,31,32). The molecule has 5 rings (SSSR count). The highest BCUT2D eigenvalue weighted by molar-refractivity contribution is 5.86. The van der Waals surface area contributed by atoms with E-state index in [1.165, 1.54) is 4.90 Å². The number of alkyl carbamates (subject to hydrolysis) is 1. The Morgan fingerprint density at radius 1 is 0.971 bits per heavy atom. The van der Waals surface area contributed by atoms with Gasteiger partial charge in [0.25, 0.3) is 0 Å². The number of hydrogen-bond acceptors (Lipinski definition) is 5. The molecule has 184 valence electrons. The minimum Gasteiger partial charge on any atom is -0.479 e. The van der Waals surface area contributed by atoms with E-state index < -0.39 is 23.1 Å². The summed E-state index contributed by atoms with van der Waals surface area (Å²) in [5.41, 5.74) is 1.87. The van der Waals surface area contributed by atoms with Crippen molar-refractivity contribution in [1.29, 1.82) is 0 Å². The number of benzene rings is 2. The molecule has 2 fully saturated rings. The zero-order valence-electron chi connectivity index (χ0n) is 19.5. The fourth-order valence-electron chi connectivity index (χ4n) is 5.68. The number of carbonyl (C=O) groups is 3. The molecule has 35 heavy (non-hydrogen) atoms. The number of ether oxygens (including phenoxy) is 1. The quantitative estimate of drug-likeness (QED) is 0.588. The van der Waals surface area contributed by atoms with Gasteiger partial charge in [0, 0.05) is 19.0 Å². The van der Waals surface area contributed by atoms with E-state index in [1.807, 2.05) is 24.3 Å². The van der Waals surface area contributed by atoms with Crippen molar-refractivity contribution in [2.75, 3.05) is 26.2 Å². The number of likely N-dealkylation sites (tertiary alicyclic amines) is 1. The van der Waals surface area contributed by atoms with Crippen molar-refractivity contribution >= 4 is 18.0 Å². The number of amides is 2. The van der Waals surface area contributed by atoms with Crippen LogP contribution in [0.15, 0.2) is 48.5 Å². The summed E-state index contributed by atoms with van der Waals surface area (Å²) in [5.74, 6) is -1.56. The fourth-order valence-corrected chi connectivity index (χ4v) is 5.68. The van der Waals surface area contributed by atoms with Gasteiger partial charge in [-0.25, -0.2) is 9.59 Å². The largest absolute Gasteiger partial charge is 0.479 e. The van der Waals surface area contributed by atoms with Crippen LogP contribution in [0.4, 0.5) is 4.79 Å². The molecule has 2 aliphatic carbocycles. The van der Waals surface area contributed by atoms with Gasteiger partial charge in [-0.05, 0) is 47.9 Å². The Kier molecular flexibility index (Phi) is 6.01. The van der Waals surface area contributed by atoms with Crippen molar-refractivity contribution < 1.29 is 29.3 Å². The number of carboxylic acids is 1. The number of carbonyl (C=O) groups excluding carboxylic acids is 2. The van der Waals surface area contributed by atoms with Gasteiger partial charge in [0.1, 0.15) is 6.61 Å². The molecule has 1 unspecified atom stereocenters. The van der Waals surface area contributed by atoms with E-state index in [4.69, 9.17) is 4.74 Å². The molecule has 1 heterocycles. The van der Waals surface area contributed by atoms with Gasteiger partial charge in [-0.1, -0.05) is 55.0 Å². The molecule has 1 saturated carbocycles. The summed E-state index contributed by atoms with van der Waals surface area (Å²) in [6.45, 7) is 0.498. The predicted molar refractivity (Wildman–Crippen MR) is 128 cm³/mol. The average Bonchev–Trinajstić information content (AvgIpc) is 3.15. The Balaban J connectivity index is 1.20. The van der Waals surface area contributed by atoms with E-state index in [1.54, 1.807) is 0 Å². The Bertz CT molecular complexity index is 1110. The van der Waals surface area contributed by atoms with E-state index >= 15 is 0 Å². The third-order valence-corrected chi connectivity index (χ3v) is 7.84. The van der Waals surface area contributed by atoms with Crippen LogP contribution in [0, 0.1) is 5.41 Å². The molecular formula is C27H30N2O6. The number of rotatable bonds is 6. The molecule has 2 aromatic carbocycles. The first kappa shape index (κ1) is 23.4. The molecule has 3 aliphatic rings. The van der Waals surface area contributed by atoms with Crippen LogP contribution in [0.1, 0.15) is 49.1 Å². The summed E-state index contributed by atoms with van der Waals surface area (Å²) in [5, 5.41) is 22.5. The maximum Gasteiger partial charge on any atom is 0.407 e. The first-order valence-corrected chi connectivity index (χ1v) is 12.2. The Hall–Kier alpha value is -3.39. The third-order valence-electron chi connectivity index (χ3n) is 7.84. The Morgan fingerprint density at radius 2 is 1.60 bits per heavy atom. The molecule has 1 atom stereocenters. The topological polar surface area (TPSA) is 116 Å². The van der Waals surface area contributed by atoms with Crippen molar-refractivity contribution in [3.05, 3.63) is 59.7 Å². The number of aliphatic hydroxyl groups is 1. The van der Waals surface area contributed by atoms with Crippen LogP contribution in [-0.2, 0) is 14.3 Å². The number of piperidine rings is 1. The van der Waals surface area contributed by atoms with Gasteiger partial charge in [-0.2, -0.15) is 0 Å². The molecule has 2 aromatic rings. The first-order valence-electron chi connectivity index (χ1n) is 12.2. The van der Waals surface area contributed by atoms with Gasteiger partial charge in [0.05, 0.1) is 12.0 Å².